The van der Waals surface area contributed by atoms with Crippen molar-refractivity contribution in [2.75, 3.05) is 6.54 Å². The standard InChI is InChI=1S/C7H11N3O2/c8-3-6(11)4-10-5-9-2-1-7(10)12/h1-2,5-6,11H,3-4,8H2. The minimum absolute atomic E-state index is 0.140. The zero-order valence-electron chi connectivity index (χ0n) is 6.55. The van der Waals surface area contributed by atoms with E-state index in [-0.39, 0.29) is 18.6 Å². The molecule has 0 saturated carbocycles. The van der Waals surface area contributed by atoms with Gasteiger partial charge in [-0.25, -0.2) is 4.98 Å². The maximum atomic E-state index is 11.0. The monoisotopic (exact) mass is 169 g/mol. The van der Waals surface area contributed by atoms with E-state index in [1.165, 1.54) is 23.2 Å². The molecule has 0 aliphatic carbocycles. The lowest BCUT2D eigenvalue weighted by Gasteiger charge is -2.08. The Labute approximate surface area is 69.5 Å². The topological polar surface area (TPSA) is 81.1 Å². The Hall–Kier alpha value is -1.20. The highest BCUT2D eigenvalue weighted by molar-refractivity contribution is 4.82. The summed E-state index contributed by atoms with van der Waals surface area (Å²) >= 11 is 0. The van der Waals surface area contributed by atoms with Gasteiger partial charge in [-0.2, -0.15) is 0 Å². The second-order valence-electron chi connectivity index (χ2n) is 2.46. The third kappa shape index (κ3) is 2.14. The molecule has 0 spiro atoms. The fourth-order valence-electron chi connectivity index (χ4n) is 0.817. The summed E-state index contributed by atoms with van der Waals surface area (Å²) in [7, 11) is 0. The smallest absolute Gasteiger partial charge is 0.253 e. The molecular weight excluding hydrogens is 158 g/mol. The summed E-state index contributed by atoms with van der Waals surface area (Å²) in [6.45, 7) is 0.338. The first kappa shape index (κ1) is 8.89. The van der Waals surface area contributed by atoms with Gasteiger partial charge < -0.3 is 10.8 Å². The van der Waals surface area contributed by atoms with E-state index in [0.717, 1.165) is 0 Å². The van der Waals surface area contributed by atoms with E-state index in [9.17, 15) is 4.79 Å². The zero-order valence-corrected chi connectivity index (χ0v) is 6.55. The zero-order chi connectivity index (χ0) is 8.97. The van der Waals surface area contributed by atoms with Crippen LogP contribution in [0.4, 0.5) is 0 Å². The first-order valence-electron chi connectivity index (χ1n) is 3.62. The van der Waals surface area contributed by atoms with E-state index in [1.807, 2.05) is 0 Å². The number of aromatic nitrogens is 2. The van der Waals surface area contributed by atoms with Gasteiger partial charge in [0.1, 0.15) is 0 Å². The number of nitrogens with two attached hydrogens (primary N) is 1. The number of aliphatic hydroxyl groups excluding tert-OH is 1. The van der Waals surface area contributed by atoms with Crippen LogP contribution < -0.4 is 11.3 Å². The Morgan fingerprint density at radius 1 is 1.75 bits per heavy atom. The summed E-state index contributed by atoms with van der Waals surface area (Å²) in [6, 6.07) is 1.34. The third-order valence-corrected chi connectivity index (χ3v) is 1.47. The maximum absolute atomic E-state index is 11.0. The molecule has 5 heteroatoms. The van der Waals surface area contributed by atoms with Crippen LogP contribution in [0.1, 0.15) is 0 Å². The van der Waals surface area contributed by atoms with Crippen molar-refractivity contribution in [3.8, 4) is 0 Å². The Balaban J connectivity index is 2.76. The van der Waals surface area contributed by atoms with Gasteiger partial charge in [0, 0.05) is 18.8 Å². The first-order chi connectivity index (χ1) is 5.74. The molecule has 3 N–H and O–H groups in total. The van der Waals surface area contributed by atoms with Gasteiger partial charge in [-0.1, -0.05) is 0 Å². The predicted molar refractivity (Wildman–Crippen MR) is 43.6 cm³/mol. The highest BCUT2D eigenvalue weighted by Gasteiger charge is 2.02. The quantitative estimate of drug-likeness (QED) is 0.581. The molecule has 0 amide bonds. The summed E-state index contributed by atoms with van der Waals surface area (Å²) < 4.78 is 1.32. The van der Waals surface area contributed by atoms with Gasteiger partial charge in [-0.15, -0.1) is 0 Å². The van der Waals surface area contributed by atoms with Crippen molar-refractivity contribution >= 4 is 0 Å². The number of nitrogens with zero attached hydrogens (tertiary/aromatic N) is 2. The molecule has 0 radical (unpaired) electrons. The lowest BCUT2D eigenvalue weighted by atomic mass is 10.3. The van der Waals surface area contributed by atoms with Crippen molar-refractivity contribution in [3.63, 3.8) is 0 Å². The lowest BCUT2D eigenvalue weighted by molar-refractivity contribution is 0.160. The predicted octanol–water partition coefficient (Wildman–Crippen LogP) is -1.44. The van der Waals surface area contributed by atoms with E-state index >= 15 is 0 Å². The highest BCUT2D eigenvalue weighted by atomic mass is 16.3. The fraction of sp³-hybridized carbons (Fsp3) is 0.429. The van der Waals surface area contributed by atoms with Crippen molar-refractivity contribution in [2.45, 2.75) is 12.6 Å². The molecule has 1 aromatic rings. The summed E-state index contributed by atoms with van der Waals surface area (Å²) in [5, 5.41) is 9.12. The van der Waals surface area contributed by atoms with Crippen LogP contribution in [0.5, 0.6) is 0 Å². The molecule has 0 aliphatic heterocycles. The number of aliphatic hydroxyl groups is 1. The summed E-state index contributed by atoms with van der Waals surface area (Å²) in [4.78, 5) is 14.8. The fourth-order valence-corrected chi connectivity index (χ4v) is 0.817. The van der Waals surface area contributed by atoms with Crippen molar-refractivity contribution in [1.82, 2.24) is 9.55 Å². The van der Waals surface area contributed by atoms with Gasteiger partial charge in [0.25, 0.3) is 5.56 Å². The molecule has 1 aromatic heterocycles. The van der Waals surface area contributed by atoms with Gasteiger partial charge in [-0.05, 0) is 0 Å². The summed E-state index contributed by atoms with van der Waals surface area (Å²) in [5.41, 5.74) is 5.00. The van der Waals surface area contributed by atoms with Crippen molar-refractivity contribution in [3.05, 3.63) is 28.9 Å². The van der Waals surface area contributed by atoms with Crippen molar-refractivity contribution in [1.29, 1.82) is 0 Å². The molecule has 0 bridgehead atoms. The second kappa shape index (κ2) is 3.99. The maximum Gasteiger partial charge on any atom is 0.253 e. The summed E-state index contributed by atoms with van der Waals surface area (Å²) in [6.07, 6.45) is 2.10. The van der Waals surface area contributed by atoms with E-state index < -0.39 is 6.10 Å². The average molecular weight is 169 g/mol. The number of hydrogen-bond acceptors (Lipinski definition) is 4. The SMILES string of the molecule is NCC(O)Cn1cnccc1=O. The lowest BCUT2D eigenvalue weighted by Crippen LogP contribution is -2.30. The van der Waals surface area contributed by atoms with Gasteiger partial charge >= 0.3 is 0 Å². The minimum atomic E-state index is -0.688. The minimum Gasteiger partial charge on any atom is -0.390 e. The largest absolute Gasteiger partial charge is 0.390 e. The molecule has 0 saturated heterocycles. The average Bonchev–Trinajstić information content (AvgIpc) is 2.09. The second-order valence-corrected chi connectivity index (χ2v) is 2.46. The van der Waals surface area contributed by atoms with Crippen LogP contribution in [0.2, 0.25) is 0 Å². The van der Waals surface area contributed by atoms with Crippen LogP contribution in [-0.2, 0) is 6.54 Å². The molecule has 0 aliphatic rings. The Kier molecular flexibility index (Phi) is 2.95. The Morgan fingerprint density at radius 3 is 3.08 bits per heavy atom. The molecule has 5 nitrogen and oxygen atoms in total. The molecular formula is C7H11N3O2. The highest BCUT2D eigenvalue weighted by Crippen LogP contribution is 1.84. The van der Waals surface area contributed by atoms with Gasteiger partial charge in [0.2, 0.25) is 0 Å². The molecule has 12 heavy (non-hydrogen) atoms. The van der Waals surface area contributed by atoms with Crippen LogP contribution in [0.15, 0.2) is 23.4 Å². The first-order valence-corrected chi connectivity index (χ1v) is 3.62. The molecule has 66 valence electrons. The number of rotatable bonds is 3. The molecule has 1 unspecified atom stereocenters. The van der Waals surface area contributed by atoms with E-state index in [4.69, 9.17) is 10.8 Å². The van der Waals surface area contributed by atoms with Crippen molar-refractivity contribution in [2.24, 2.45) is 5.73 Å². The Bertz CT molecular complexity index is 297. The van der Waals surface area contributed by atoms with Gasteiger partial charge in [-0.3, -0.25) is 9.36 Å². The van der Waals surface area contributed by atoms with Gasteiger partial charge in [0.15, 0.2) is 0 Å². The molecule has 1 atom stereocenters. The molecule has 1 rings (SSSR count). The summed E-state index contributed by atoms with van der Waals surface area (Å²) in [5.74, 6) is 0. The van der Waals surface area contributed by atoms with Crippen LogP contribution in [0.25, 0.3) is 0 Å². The molecule has 0 fully saturated rings. The normalized spacial score (nSPS) is 12.8. The third-order valence-electron chi connectivity index (χ3n) is 1.47. The van der Waals surface area contributed by atoms with E-state index in [1.54, 1.807) is 0 Å². The van der Waals surface area contributed by atoms with Gasteiger partial charge in [0.05, 0.1) is 19.0 Å². The number of hydrogen-bond donors (Lipinski definition) is 2. The van der Waals surface area contributed by atoms with Crippen LogP contribution in [0, 0.1) is 0 Å². The van der Waals surface area contributed by atoms with E-state index in [2.05, 4.69) is 4.98 Å². The molecule has 0 aromatic carbocycles. The van der Waals surface area contributed by atoms with Crippen LogP contribution >= 0.6 is 0 Å². The Morgan fingerprint density at radius 2 is 2.50 bits per heavy atom. The van der Waals surface area contributed by atoms with Crippen LogP contribution in [0.3, 0.4) is 0 Å². The van der Waals surface area contributed by atoms with E-state index in [0.29, 0.717) is 0 Å². The van der Waals surface area contributed by atoms with Crippen molar-refractivity contribution < 1.29 is 5.11 Å². The van der Waals surface area contributed by atoms with Crippen LogP contribution in [-0.4, -0.2) is 27.3 Å². The molecule has 1 heterocycles.